The Morgan fingerprint density at radius 2 is 1.74 bits per heavy atom. The highest BCUT2D eigenvalue weighted by Gasteiger charge is 2.39. The van der Waals surface area contributed by atoms with Crippen LogP contribution in [0.2, 0.25) is 0 Å². The molecule has 2 unspecified atom stereocenters. The molecular weight excluding hydrogens is 258 g/mol. The van der Waals surface area contributed by atoms with Crippen LogP contribution >= 0.6 is 11.8 Å². The van der Waals surface area contributed by atoms with Crippen LogP contribution in [-0.2, 0) is 4.74 Å². The molecule has 1 aliphatic carbocycles. The first-order valence-electron chi connectivity index (χ1n) is 7.34. The molecule has 2 fully saturated rings. The number of carbonyl (C=O) groups is 1. The average Bonchev–Trinajstić information content (AvgIpc) is 2.87. The van der Waals surface area contributed by atoms with E-state index in [9.17, 15) is 4.79 Å². The van der Waals surface area contributed by atoms with Crippen molar-refractivity contribution in [1.82, 2.24) is 4.90 Å². The molecule has 0 radical (unpaired) electrons. The van der Waals surface area contributed by atoms with Gasteiger partial charge in [0.1, 0.15) is 5.60 Å². The fraction of sp³-hybridized carbons (Fsp3) is 0.933. The van der Waals surface area contributed by atoms with Gasteiger partial charge in [-0.3, -0.25) is 0 Å². The van der Waals surface area contributed by atoms with Gasteiger partial charge < -0.3 is 9.64 Å². The van der Waals surface area contributed by atoms with Crippen molar-refractivity contribution < 1.29 is 9.53 Å². The van der Waals surface area contributed by atoms with Gasteiger partial charge in [-0.1, -0.05) is 13.3 Å². The van der Waals surface area contributed by atoms with Crippen LogP contribution in [0.3, 0.4) is 0 Å². The fourth-order valence-corrected chi connectivity index (χ4v) is 2.71. The number of carbonyl (C=O) groups excluding carboxylic acids is 1. The van der Waals surface area contributed by atoms with Gasteiger partial charge in [-0.15, -0.1) is 0 Å². The van der Waals surface area contributed by atoms with Gasteiger partial charge in [0.05, 0.1) is 0 Å². The van der Waals surface area contributed by atoms with Crippen molar-refractivity contribution in [2.45, 2.75) is 52.6 Å². The Hall–Kier alpha value is -0.380. The van der Waals surface area contributed by atoms with E-state index in [2.05, 4.69) is 13.2 Å². The third-order valence-corrected chi connectivity index (χ3v) is 4.24. The fourth-order valence-electron chi connectivity index (χ4n) is 2.71. The van der Waals surface area contributed by atoms with Gasteiger partial charge in [-0.25, -0.2) is 4.79 Å². The second kappa shape index (κ2) is 7.41. The first-order chi connectivity index (χ1) is 8.87. The number of amides is 1. The molecule has 4 heteroatoms. The third-order valence-electron chi connectivity index (χ3n) is 3.67. The van der Waals surface area contributed by atoms with Gasteiger partial charge in [-0.05, 0) is 57.5 Å². The van der Waals surface area contributed by atoms with Crippen molar-refractivity contribution in [2.75, 3.05) is 25.1 Å². The first kappa shape index (κ1) is 16.7. The zero-order valence-electron chi connectivity index (χ0n) is 13.1. The molecule has 2 rings (SSSR count). The number of ether oxygens (including phenoxy) is 1. The van der Waals surface area contributed by atoms with E-state index in [1.54, 1.807) is 0 Å². The highest BCUT2D eigenvalue weighted by molar-refractivity contribution is 7.98. The molecule has 1 heterocycles. The van der Waals surface area contributed by atoms with Crippen LogP contribution in [0.25, 0.3) is 0 Å². The molecule has 3 nitrogen and oxygen atoms in total. The molecule has 1 amide bonds. The lowest BCUT2D eigenvalue weighted by molar-refractivity contribution is 0.0280. The molecule has 0 aromatic carbocycles. The summed E-state index contributed by atoms with van der Waals surface area (Å²) in [6.45, 7) is 9.73. The van der Waals surface area contributed by atoms with E-state index in [1.165, 1.54) is 25.0 Å². The van der Waals surface area contributed by atoms with Gasteiger partial charge in [0, 0.05) is 13.1 Å². The van der Waals surface area contributed by atoms with Crippen molar-refractivity contribution in [3.63, 3.8) is 0 Å². The lowest BCUT2D eigenvalue weighted by Crippen LogP contribution is -2.35. The summed E-state index contributed by atoms with van der Waals surface area (Å²) in [5, 5.41) is 0. The van der Waals surface area contributed by atoms with E-state index in [0.717, 1.165) is 24.9 Å². The number of thioether (sulfide) groups is 1. The molecule has 0 bridgehead atoms. The van der Waals surface area contributed by atoms with E-state index >= 15 is 0 Å². The molecule has 0 N–H and O–H groups in total. The molecule has 2 aliphatic rings. The summed E-state index contributed by atoms with van der Waals surface area (Å²) in [5.41, 5.74) is -0.366. The molecule has 0 spiro atoms. The molecule has 0 aromatic rings. The van der Waals surface area contributed by atoms with E-state index in [1.807, 2.05) is 37.4 Å². The van der Waals surface area contributed by atoms with Gasteiger partial charge in [0.2, 0.25) is 0 Å². The minimum Gasteiger partial charge on any atom is -0.444 e. The van der Waals surface area contributed by atoms with Crippen LogP contribution in [-0.4, -0.2) is 41.7 Å². The minimum absolute atomic E-state index is 0.128. The summed E-state index contributed by atoms with van der Waals surface area (Å²) in [6, 6.07) is 0. The van der Waals surface area contributed by atoms with Crippen molar-refractivity contribution in [3.8, 4) is 0 Å². The summed E-state index contributed by atoms with van der Waals surface area (Å²) in [4.78, 5) is 13.7. The molecule has 2 atom stereocenters. The predicted octanol–water partition coefficient (Wildman–Crippen LogP) is 4.02. The van der Waals surface area contributed by atoms with Crippen molar-refractivity contribution in [1.29, 1.82) is 0 Å². The van der Waals surface area contributed by atoms with Crippen LogP contribution in [0.15, 0.2) is 0 Å². The maximum Gasteiger partial charge on any atom is 0.410 e. The molecular formula is C15H29NO2S. The van der Waals surface area contributed by atoms with E-state index in [0.29, 0.717) is 0 Å². The average molecular weight is 287 g/mol. The monoisotopic (exact) mass is 287 g/mol. The number of hydrogen-bond acceptors (Lipinski definition) is 3. The quantitative estimate of drug-likeness (QED) is 0.729. The summed E-state index contributed by atoms with van der Waals surface area (Å²) < 4.78 is 5.37. The molecule has 1 saturated carbocycles. The van der Waals surface area contributed by atoms with Gasteiger partial charge >= 0.3 is 6.09 Å². The van der Waals surface area contributed by atoms with Gasteiger partial charge in [-0.2, -0.15) is 11.8 Å². The Morgan fingerprint density at radius 1 is 1.26 bits per heavy atom. The van der Waals surface area contributed by atoms with Crippen LogP contribution in [0, 0.1) is 11.8 Å². The molecule has 1 saturated heterocycles. The maximum atomic E-state index is 11.8. The maximum absolute atomic E-state index is 11.8. The van der Waals surface area contributed by atoms with Crippen molar-refractivity contribution >= 4 is 17.9 Å². The molecule has 19 heavy (non-hydrogen) atoms. The number of fused-ring (bicyclic) bond motifs is 1. The van der Waals surface area contributed by atoms with Crippen LogP contribution in [0.5, 0.6) is 0 Å². The van der Waals surface area contributed by atoms with Crippen LogP contribution in [0.1, 0.15) is 47.0 Å². The summed E-state index contributed by atoms with van der Waals surface area (Å²) in [6.07, 6.45) is 5.91. The smallest absolute Gasteiger partial charge is 0.410 e. The third kappa shape index (κ3) is 5.64. The second-order valence-electron chi connectivity index (χ2n) is 6.41. The Morgan fingerprint density at radius 3 is 2.11 bits per heavy atom. The lowest BCUT2D eigenvalue weighted by Gasteiger charge is -2.24. The topological polar surface area (TPSA) is 29.5 Å². The SMILES string of the molecule is CC(C)(C)OC(=O)N1CC2CCCC2C1.CCSC. The minimum atomic E-state index is -0.366. The van der Waals surface area contributed by atoms with Crippen LogP contribution in [0.4, 0.5) is 4.79 Å². The van der Waals surface area contributed by atoms with E-state index in [-0.39, 0.29) is 11.7 Å². The highest BCUT2D eigenvalue weighted by Crippen LogP contribution is 2.38. The number of rotatable bonds is 1. The summed E-state index contributed by atoms with van der Waals surface area (Å²) in [7, 11) is 0. The summed E-state index contributed by atoms with van der Waals surface area (Å²) in [5.74, 6) is 2.73. The zero-order chi connectivity index (χ0) is 14.5. The van der Waals surface area contributed by atoms with Gasteiger partial charge in [0.15, 0.2) is 0 Å². The largest absolute Gasteiger partial charge is 0.444 e. The molecule has 1 aliphatic heterocycles. The molecule has 0 aromatic heterocycles. The van der Waals surface area contributed by atoms with E-state index in [4.69, 9.17) is 4.74 Å². The Balaban J connectivity index is 0.000000399. The van der Waals surface area contributed by atoms with E-state index < -0.39 is 0 Å². The zero-order valence-corrected chi connectivity index (χ0v) is 13.9. The second-order valence-corrected chi connectivity index (χ2v) is 7.57. The van der Waals surface area contributed by atoms with Crippen molar-refractivity contribution in [3.05, 3.63) is 0 Å². The molecule has 112 valence electrons. The number of likely N-dealkylation sites (tertiary alicyclic amines) is 1. The Kier molecular flexibility index (Phi) is 6.51. The Labute approximate surface area is 122 Å². The first-order valence-corrected chi connectivity index (χ1v) is 8.73. The highest BCUT2D eigenvalue weighted by atomic mass is 32.2. The summed E-state index contributed by atoms with van der Waals surface area (Å²) >= 11 is 1.86. The van der Waals surface area contributed by atoms with Crippen molar-refractivity contribution in [2.24, 2.45) is 11.8 Å². The normalized spacial score (nSPS) is 25.6. The standard InChI is InChI=1S/C12H21NO2.C3H8S/c1-12(2,3)15-11(14)13-7-9-5-4-6-10(9)8-13;1-3-4-2/h9-10H,4-8H2,1-3H3;3H2,1-2H3. The lowest BCUT2D eigenvalue weighted by atomic mass is 10.0. The van der Waals surface area contributed by atoms with Crippen LogP contribution < -0.4 is 0 Å². The predicted molar refractivity (Wildman–Crippen MR) is 82.7 cm³/mol. The van der Waals surface area contributed by atoms with Gasteiger partial charge in [0.25, 0.3) is 0 Å². The Bertz CT molecular complexity index is 274. The number of nitrogens with zero attached hydrogens (tertiary/aromatic N) is 1. The number of hydrogen-bond donors (Lipinski definition) is 0.